The van der Waals surface area contributed by atoms with Crippen LogP contribution >= 0.6 is 0 Å². The van der Waals surface area contributed by atoms with E-state index in [1.807, 2.05) is 0 Å². The molecule has 72 valence electrons. The van der Waals surface area contributed by atoms with Gasteiger partial charge in [0.15, 0.2) is 0 Å². The lowest BCUT2D eigenvalue weighted by Gasteiger charge is -2.10. The molecule has 0 heterocycles. The van der Waals surface area contributed by atoms with Crippen LogP contribution in [0.4, 0.5) is 8.78 Å². The fourth-order valence-electron chi connectivity index (χ4n) is 1.42. The number of hydrogen-bond donors (Lipinski definition) is 1. The molecule has 0 fully saturated rings. The molecule has 0 bridgehead atoms. The van der Waals surface area contributed by atoms with E-state index >= 15 is 0 Å². The van der Waals surface area contributed by atoms with Crippen LogP contribution in [0.5, 0.6) is 0 Å². The van der Waals surface area contributed by atoms with Crippen molar-refractivity contribution < 1.29 is 8.78 Å². The van der Waals surface area contributed by atoms with Crippen molar-refractivity contribution in [2.75, 3.05) is 6.54 Å². The molecule has 0 aliphatic carbocycles. The molecule has 0 aliphatic heterocycles. The summed E-state index contributed by atoms with van der Waals surface area (Å²) in [7, 11) is 0. The van der Waals surface area contributed by atoms with Gasteiger partial charge >= 0.3 is 0 Å². The van der Waals surface area contributed by atoms with Gasteiger partial charge in [-0.1, -0.05) is 0 Å². The molecule has 0 aromatic heterocycles. The van der Waals surface area contributed by atoms with E-state index in [0.717, 1.165) is 6.07 Å². The first kappa shape index (κ1) is 10.1. The summed E-state index contributed by atoms with van der Waals surface area (Å²) in [5.74, 6) is -0.988. The molecule has 1 aromatic rings. The minimum absolute atomic E-state index is 0.407. The van der Waals surface area contributed by atoms with Gasteiger partial charge in [-0.05, 0) is 43.5 Å². The monoisotopic (exact) mass is 185 g/mol. The highest BCUT2D eigenvalue weighted by Crippen LogP contribution is 2.20. The van der Waals surface area contributed by atoms with Crippen LogP contribution in [-0.4, -0.2) is 6.54 Å². The molecular weight excluding hydrogens is 172 g/mol. The van der Waals surface area contributed by atoms with E-state index in [1.165, 1.54) is 0 Å². The summed E-state index contributed by atoms with van der Waals surface area (Å²) in [5.41, 5.74) is 7.06. The Labute approximate surface area is 76.6 Å². The average molecular weight is 185 g/mol. The molecule has 0 saturated carbocycles. The van der Waals surface area contributed by atoms with Crippen molar-refractivity contribution in [2.24, 2.45) is 5.73 Å². The molecule has 1 nitrogen and oxygen atoms in total. The molecule has 0 unspecified atom stereocenters. The predicted molar refractivity (Wildman–Crippen MR) is 48.6 cm³/mol. The van der Waals surface area contributed by atoms with E-state index in [0.29, 0.717) is 29.7 Å². The van der Waals surface area contributed by atoms with Crippen LogP contribution < -0.4 is 5.73 Å². The zero-order chi connectivity index (χ0) is 10.0. The molecular formula is C10H13F2N. The maximum Gasteiger partial charge on any atom is 0.129 e. The van der Waals surface area contributed by atoms with Gasteiger partial charge in [-0.25, -0.2) is 8.78 Å². The third-order valence-corrected chi connectivity index (χ3v) is 2.27. The highest BCUT2D eigenvalue weighted by atomic mass is 19.1. The SMILES string of the molecule is Cc1c(F)cc(F)c(C)c1CCN. The van der Waals surface area contributed by atoms with Crippen molar-refractivity contribution in [3.8, 4) is 0 Å². The molecule has 1 rings (SSSR count). The Bertz CT molecular complexity index is 295. The lowest BCUT2D eigenvalue weighted by atomic mass is 9.99. The molecule has 0 saturated heterocycles. The molecule has 0 atom stereocenters. The Hall–Kier alpha value is -0.960. The lowest BCUT2D eigenvalue weighted by Crippen LogP contribution is -2.08. The Balaban J connectivity index is 3.28. The normalized spacial score (nSPS) is 10.5. The molecule has 2 N–H and O–H groups in total. The zero-order valence-corrected chi connectivity index (χ0v) is 7.82. The number of hydrogen-bond acceptors (Lipinski definition) is 1. The maximum atomic E-state index is 13.1. The van der Waals surface area contributed by atoms with Crippen molar-refractivity contribution in [2.45, 2.75) is 20.3 Å². The number of rotatable bonds is 2. The Morgan fingerprint density at radius 1 is 1.15 bits per heavy atom. The topological polar surface area (TPSA) is 26.0 Å². The largest absolute Gasteiger partial charge is 0.330 e. The van der Waals surface area contributed by atoms with Crippen LogP contribution in [0.2, 0.25) is 0 Å². The molecule has 3 heteroatoms. The highest BCUT2D eigenvalue weighted by molar-refractivity contribution is 5.36. The quantitative estimate of drug-likeness (QED) is 0.750. The van der Waals surface area contributed by atoms with Crippen LogP contribution in [0, 0.1) is 25.5 Å². The number of nitrogens with two attached hydrogens (primary N) is 1. The third kappa shape index (κ3) is 1.86. The summed E-state index contributed by atoms with van der Waals surface area (Å²) in [5, 5.41) is 0. The van der Waals surface area contributed by atoms with E-state index in [-0.39, 0.29) is 0 Å². The van der Waals surface area contributed by atoms with E-state index in [1.54, 1.807) is 13.8 Å². The average Bonchev–Trinajstić information content (AvgIpc) is 2.09. The van der Waals surface area contributed by atoms with Crippen molar-refractivity contribution in [3.05, 3.63) is 34.4 Å². The van der Waals surface area contributed by atoms with Gasteiger partial charge in [-0.15, -0.1) is 0 Å². The van der Waals surface area contributed by atoms with Gasteiger partial charge in [0.2, 0.25) is 0 Å². The number of benzene rings is 1. The first-order chi connectivity index (χ1) is 6.07. The minimum atomic E-state index is -0.494. The molecule has 1 aromatic carbocycles. The minimum Gasteiger partial charge on any atom is -0.330 e. The van der Waals surface area contributed by atoms with Gasteiger partial charge in [0.1, 0.15) is 11.6 Å². The summed E-state index contributed by atoms with van der Waals surface area (Å²) in [6.45, 7) is 3.70. The van der Waals surface area contributed by atoms with Gasteiger partial charge in [0.05, 0.1) is 0 Å². The number of halogens is 2. The summed E-state index contributed by atoms with van der Waals surface area (Å²) in [4.78, 5) is 0. The summed E-state index contributed by atoms with van der Waals surface area (Å²) < 4.78 is 26.1. The molecule has 0 aliphatic rings. The fourth-order valence-corrected chi connectivity index (χ4v) is 1.42. The van der Waals surface area contributed by atoms with Crippen LogP contribution in [-0.2, 0) is 6.42 Å². The van der Waals surface area contributed by atoms with Crippen LogP contribution in [0.25, 0.3) is 0 Å². The molecule has 13 heavy (non-hydrogen) atoms. The Morgan fingerprint density at radius 2 is 1.62 bits per heavy atom. The summed E-state index contributed by atoms with van der Waals surface area (Å²) >= 11 is 0. The predicted octanol–water partition coefficient (Wildman–Crippen LogP) is 2.08. The Kier molecular flexibility index (Phi) is 2.98. The summed E-state index contributed by atoms with van der Waals surface area (Å²) in [6, 6.07) is 0.921. The van der Waals surface area contributed by atoms with Gasteiger partial charge in [-0.3, -0.25) is 0 Å². The van der Waals surface area contributed by atoms with E-state index in [2.05, 4.69) is 0 Å². The lowest BCUT2D eigenvalue weighted by molar-refractivity contribution is 0.566. The van der Waals surface area contributed by atoms with Gasteiger partial charge in [0.25, 0.3) is 0 Å². The summed E-state index contributed by atoms with van der Waals surface area (Å²) in [6.07, 6.45) is 0.520. The highest BCUT2D eigenvalue weighted by Gasteiger charge is 2.11. The molecule has 0 radical (unpaired) electrons. The smallest absolute Gasteiger partial charge is 0.129 e. The van der Waals surface area contributed by atoms with Crippen LogP contribution in [0.3, 0.4) is 0 Å². The van der Waals surface area contributed by atoms with Crippen molar-refractivity contribution in [1.82, 2.24) is 0 Å². The second-order valence-electron chi connectivity index (χ2n) is 3.11. The van der Waals surface area contributed by atoms with Gasteiger partial charge in [0, 0.05) is 6.07 Å². The van der Waals surface area contributed by atoms with Crippen molar-refractivity contribution in [1.29, 1.82) is 0 Å². The van der Waals surface area contributed by atoms with E-state index < -0.39 is 11.6 Å². The molecule has 0 amide bonds. The molecule has 0 spiro atoms. The van der Waals surface area contributed by atoms with E-state index in [4.69, 9.17) is 5.73 Å². The first-order valence-electron chi connectivity index (χ1n) is 4.22. The maximum absolute atomic E-state index is 13.1. The second-order valence-corrected chi connectivity index (χ2v) is 3.11. The van der Waals surface area contributed by atoms with Crippen molar-refractivity contribution >= 4 is 0 Å². The van der Waals surface area contributed by atoms with Gasteiger partial charge in [-0.2, -0.15) is 0 Å². The fraction of sp³-hybridized carbons (Fsp3) is 0.400. The zero-order valence-electron chi connectivity index (χ0n) is 7.82. The first-order valence-corrected chi connectivity index (χ1v) is 4.22. The van der Waals surface area contributed by atoms with Crippen LogP contribution in [0.15, 0.2) is 6.07 Å². The Morgan fingerprint density at radius 3 is 2.00 bits per heavy atom. The second kappa shape index (κ2) is 3.83. The van der Waals surface area contributed by atoms with Crippen molar-refractivity contribution in [3.63, 3.8) is 0 Å². The van der Waals surface area contributed by atoms with Gasteiger partial charge < -0.3 is 5.73 Å². The third-order valence-electron chi connectivity index (χ3n) is 2.27. The van der Waals surface area contributed by atoms with E-state index in [9.17, 15) is 8.78 Å². The standard InChI is InChI=1S/C10H13F2N/c1-6-8(3-4-13)7(2)10(12)5-9(6)11/h5H,3-4,13H2,1-2H3. The van der Waals surface area contributed by atoms with Crippen LogP contribution in [0.1, 0.15) is 16.7 Å².